The van der Waals surface area contributed by atoms with Gasteiger partial charge in [-0.3, -0.25) is 14.5 Å². The van der Waals surface area contributed by atoms with E-state index in [9.17, 15) is 18.8 Å². The molecule has 3 rings (SSSR count). The van der Waals surface area contributed by atoms with Gasteiger partial charge in [-0.15, -0.1) is 0 Å². The summed E-state index contributed by atoms with van der Waals surface area (Å²) >= 11 is 6.06. The van der Waals surface area contributed by atoms with Crippen molar-refractivity contribution in [3.8, 4) is 5.75 Å². The topological polar surface area (TPSA) is 87.7 Å². The molecule has 1 saturated heterocycles. The van der Waals surface area contributed by atoms with Crippen LogP contribution >= 0.6 is 11.6 Å². The second-order valence-corrected chi connectivity index (χ2v) is 7.64. The Balaban J connectivity index is 1.79. The highest BCUT2D eigenvalue weighted by molar-refractivity contribution is 6.32. The normalized spacial score (nSPS) is 18.1. The molecule has 1 fully saturated rings. The number of hydrogen-bond donors (Lipinski definition) is 2. The first kappa shape index (κ1) is 22.6. The zero-order valence-corrected chi connectivity index (χ0v) is 18.0. The first-order chi connectivity index (χ1) is 14.8. The maximum Gasteiger partial charge on any atom is 0.325 e. The smallest absolute Gasteiger partial charge is 0.325 e. The average molecular weight is 448 g/mol. The molecule has 1 aliphatic rings. The van der Waals surface area contributed by atoms with Crippen LogP contribution in [0.4, 0.5) is 14.9 Å². The predicted octanol–water partition coefficient (Wildman–Crippen LogP) is 4.06. The van der Waals surface area contributed by atoms with Gasteiger partial charge in [0.15, 0.2) is 0 Å². The fraction of sp³-hybridized carbons (Fsp3) is 0.318. The second-order valence-electron chi connectivity index (χ2n) is 7.23. The summed E-state index contributed by atoms with van der Waals surface area (Å²) in [6.45, 7) is 1.49. The minimum absolute atomic E-state index is 0.310. The third kappa shape index (κ3) is 4.64. The van der Waals surface area contributed by atoms with Crippen molar-refractivity contribution in [1.82, 2.24) is 10.2 Å². The van der Waals surface area contributed by atoms with Crippen LogP contribution in [0.15, 0.2) is 42.5 Å². The van der Waals surface area contributed by atoms with Crippen LogP contribution < -0.4 is 15.4 Å². The van der Waals surface area contributed by atoms with Gasteiger partial charge in [-0.2, -0.15) is 0 Å². The highest BCUT2D eigenvalue weighted by atomic mass is 35.5. The molecular formula is C22H23ClFN3O4. The SMILES string of the molecule is CCCCC1(c2ccc(F)cc2)NC(=O)N(CC(=O)Nc2ccc(OC)c(Cl)c2)C1=O. The predicted molar refractivity (Wildman–Crippen MR) is 114 cm³/mol. The van der Waals surface area contributed by atoms with E-state index in [0.717, 1.165) is 11.3 Å². The Morgan fingerprint density at radius 3 is 2.55 bits per heavy atom. The third-order valence-corrected chi connectivity index (χ3v) is 5.45. The standard InChI is InChI=1S/C22H23ClFN3O4/c1-3-4-11-22(14-5-7-15(24)8-6-14)20(29)27(21(30)26-22)13-19(28)25-16-9-10-18(31-2)17(23)12-16/h5-10,12H,3-4,11,13H2,1-2H3,(H,25,28)(H,26,30). The molecule has 4 amide bonds. The number of unbranched alkanes of at least 4 members (excludes halogenated alkanes) is 1. The zero-order chi connectivity index (χ0) is 22.6. The van der Waals surface area contributed by atoms with E-state index >= 15 is 0 Å². The molecule has 1 unspecified atom stereocenters. The van der Waals surface area contributed by atoms with Crippen molar-refractivity contribution >= 4 is 35.1 Å². The molecule has 2 aromatic rings. The second kappa shape index (κ2) is 9.34. The van der Waals surface area contributed by atoms with E-state index in [1.807, 2.05) is 6.92 Å². The molecule has 0 radical (unpaired) electrons. The lowest BCUT2D eigenvalue weighted by Gasteiger charge is -2.27. The number of hydrogen-bond acceptors (Lipinski definition) is 4. The van der Waals surface area contributed by atoms with Crippen LogP contribution in [0.1, 0.15) is 31.7 Å². The molecule has 1 atom stereocenters. The first-order valence-electron chi connectivity index (χ1n) is 9.84. The number of carbonyl (C=O) groups excluding carboxylic acids is 3. The van der Waals surface area contributed by atoms with Crippen molar-refractivity contribution in [3.63, 3.8) is 0 Å². The molecule has 2 aromatic carbocycles. The summed E-state index contributed by atoms with van der Waals surface area (Å²) in [7, 11) is 1.48. The number of nitrogens with one attached hydrogen (secondary N) is 2. The van der Waals surface area contributed by atoms with Crippen molar-refractivity contribution in [2.75, 3.05) is 19.0 Å². The van der Waals surface area contributed by atoms with Crippen LogP contribution in [0, 0.1) is 5.82 Å². The summed E-state index contributed by atoms with van der Waals surface area (Å²) in [5.41, 5.74) is -0.450. The number of ether oxygens (including phenoxy) is 1. The van der Waals surface area contributed by atoms with Gasteiger partial charge in [0, 0.05) is 5.69 Å². The van der Waals surface area contributed by atoms with Crippen molar-refractivity contribution in [3.05, 3.63) is 58.9 Å². The molecule has 0 saturated carbocycles. The van der Waals surface area contributed by atoms with Crippen molar-refractivity contribution in [2.24, 2.45) is 0 Å². The molecule has 9 heteroatoms. The van der Waals surface area contributed by atoms with Crippen LogP contribution in [0.3, 0.4) is 0 Å². The number of amides is 4. The molecular weight excluding hydrogens is 425 g/mol. The van der Waals surface area contributed by atoms with Crippen molar-refractivity contribution in [1.29, 1.82) is 0 Å². The van der Waals surface area contributed by atoms with E-state index in [1.165, 1.54) is 37.4 Å². The number of methoxy groups -OCH3 is 1. The number of carbonyl (C=O) groups is 3. The number of rotatable bonds is 8. The molecule has 1 aliphatic heterocycles. The molecule has 31 heavy (non-hydrogen) atoms. The van der Waals surface area contributed by atoms with E-state index in [2.05, 4.69) is 10.6 Å². The summed E-state index contributed by atoms with van der Waals surface area (Å²) in [4.78, 5) is 39.3. The molecule has 164 valence electrons. The number of nitrogens with zero attached hydrogens (tertiary/aromatic N) is 1. The van der Waals surface area contributed by atoms with Crippen molar-refractivity contribution in [2.45, 2.75) is 31.7 Å². The fourth-order valence-electron chi connectivity index (χ4n) is 3.54. The Morgan fingerprint density at radius 1 is 1.23 bits per heavy atom. The molecule has 7 nitrogen and oxygen atoms in total. The lowest BCUT2D eigenvalue weighted by atomic mass is 9.85. The number of halogens is 2. The van der Waals surface area contributed by atoms with Gasteiger partial charge >= 0.3 is 6.03 Å². The highest BCUT2D eigenvalue weighted by Gasteiger charge is 2.52. The number of urea groups is 1. The lowest BCUT2D eigenvalue weighted by molar-refractivity contribution is -0.134. The van der Waals surface area contributed by atoms with Gasteiger partial charge in [-0.1, -0.05) is 43.5 Å². The van der Waals surface area contributed by atoms with Crippen LogP contribution in [-0.2, 0) is 15.1 Å². The zero-order valence-electron chi connectivity index (χ0n) is 17.2. The molecule has 1 heterocycles. The van der Waals surface area contributed by atoms with Gasteiger partial charge in [0.1, 0.15) is 23.7 Å². The Labute approximate surface area is 184 Å². The van der Waals surface area contributed by atoms with Gasteiger partial charge in [0.25, 0.3) is 5.91 Å². The van der Waals surface area contributed by atoms with E-state index in [1.54, 1.807) is 12.1 Å². The molecule has 0 bridgehead atoms. The Morgan fingerprint density at radius 2 is 1.94 bits per heavy atom. The average Bonchev–Trinajstić information content (AvgIpc) is 2.98. The summed E-state index contributed by atoms with van der Waals surface area (Å²) in [5, 5.41) is 5.66. The summed E-state index contributed by atoms with van der Waals surface area (Å²) in [6.07, 6.45) is 1.80. The summed E-state index contributed by atoms with van der Waals surface area (Å²) in [6, 6.07) is 9.46. The maximum atomic E-state index is 13.4. The fourth-order valence-corrected chi connectivity index (χ4v) is 3.80. The molecule has 0 aromatic heterocycles. The summed E-state index contributed by atoms with van der Waals surface area (Å²) in [5.74, 6) is -1.09. The first-order valence-corrected chi connectivity index (χ1v) is 10.2. The Bertz CT molecular complexity index is 999. The van der Waals surface area contributed by atoms with Gasteiger partial charge in [0.05, 0.1) is 12.1 Å². The third-order valence-electron chi connectivity index (χ3n) is 5.16. The van der Waals surface area contributed by atoms with E-state index in [-0.39, 0.29) is 0 Å². The number of imide groups is 1. The van der Waals surface area contributed by atoms with Crippen LogP contribution in [-0.4, -0.2) is 36.4 Å². The number of anilines is 1. The molecule has 0 aliphatic carbocycles. The molecule has 2 N–H and O–H groups in total. The van der Waals surface area contributed by atoms with Gasteiger partial charge in [-0.25, -0.2) is 9.18 Å². The monoisotopic (exact) mass is 447 g/mol. The minimum Gasteiger partial charge on any atom is -0.495 e. The van der Waals surface area contributed by atoms with Crippen LogP contribution in [0.5, 0.6) is 5.75 Å². The van der Waals surface area contributed by atoms with E-state index < -0.39 is 35.7 Å². The van der Waals surface area contributed by atoms with E-state index in [0.29, 0.717) is 34.9 Å². The maximum absolute atomic E-state index is 13.4. The van der Waals surface area contributed by atoms with E-state index in [4.69, 9.17) is 16.3 Å². The quantitative estimate of drug-likeness (QED) is 0.597. The number of benzene rings is 2. The highest BCUT2D eigenvalue weighted by Crippen LogP contribution is 2.34. The Hall–Kier alpha value is -3.13. The van der Waals surface area contributed by atoms with Crippen LogP contribution in [0.2, 0.25) is 5.02 Å². The lowest BCUT2D eigenvalue weighted by Crippen LogP contribution is -2.44. The van der Waals surface area contributed by atoms with Gasteiger partial charge < -0.3 is 15.4 Å². The van der Waals surface area contributed by atoms with Crippen molar-refractivity contribution < 1.29 is 23.5 Å². The van der Waals surface area contributed by atoms with Gasteiger partial charge in [-0.05, 0) is 42.3 Å². The largest absolute Gasteiger partial charge is 0.495 e. The summed E-state index contributed by atoms with van der Waals surface area (Å²) < 4.78 is 18.5. The Kier molecular flexibility index (Phi) is 6.80. The van der Waals surface area contributed by atoms with Gasteiger partial charge in [0.2, 0.25) is 5.91 Å². The molecule has 0 spiro atoms. The minimum atomic E-state index is -1.33. The van der Waals surface area contributed by atoms with Crippen LogP contribution in [0.25, 0.3) is 0 Å².